The van der Waals surface area contributed by atoms with Gasteiger partial charge in [-0.25, -0.2) is 4.79 Å². The van der Waals surface area contributed by atoms with Crippen LogP contribution < -0.4 is 9.47 Å². The standard InChI is InChI=1S/C23H26ClNO5.ClH/c1-15-2-4-21(19(10-15)22(27)28)29-14-18(26)13-25-8-6-23(7-9-25)12-16-11-17(24)3-5-20(16)30-23;/h2-5,10-11,18,26H,6-9,12-14H2,1H3,(H,27,28);1H/t18-;/m0./s1. The molecule has 31 heavy (non-hydrogen) atoms. The lowest BCUT2D eigenvalue weighted by molar-refractivity contribution is -0.00202. The Bertz CT molecular complexity index is 944. The van der Waals surface area contributed by atoms with Crippen molar-refractivity contribution in [2.24, 2.45) is 0 Å². The largest absolute Gasteiger partial charge is 0.490 e. The molecule has 8 heteroatoms. The van der Waals surface area contributed by atoms with E-state index in [1.807, 2.05) is 25.1 Å². The molecule has 0 bridgehead atoms. The number of halogens is 2. The summed E-state index contributed by atoms with van der Waals surface area (Å²) in [5, 5.41) is 20.5. The number of nitrogens with zero attached hydrogens (tertiary/aromatic N) is 1. The molecule has 4 rings (SSSR count). The zero-order chi connectivity index (χ0) is 21.3. The summed E-state index contributed by atoms with van der Waals surface area (Å²) < 4.78 is 11.9. The number of likely N-dealkylation sites (tertiary alicyclic amines) is 1. The van der Waals surface area contributed by atoms with Gasteiger partial charge >= 0.3 is 5.97 Å². The van der Waals surface area contributed by atoms with Crippen molar-refractivity contribution in [3.8, 4) is 11.5 Å². The molecule has 2 aliphatic heterocycles. The third-order valence-electron chi connectivity index (χ3n) is 5.89. The number of aromatic carboxylic acids is 1. The second-order valence-corrected chi connectivity index (χ2v) is 8.72. The molecule has 2 aromatic carbocycles. The monoisotopic (exact) mass is 467 g/mol. The molecule has 0 unspecified atom stereocenters. The number of carboxylic acid groups (broad SMARTS) is 1. The molecule has 2 aliphatic rings. The van der Waals surface area contributed by atoms with Gasteiger partial charge < -0.3 is 24.6 Å². The molecule has 0 saturated carbocycles. The normalized spacial score (nSPS) is 18.0. The number of carboxylic acids is 1. The van der Waals surface area contributed by atoms with Gasteiger partial charge in [0, 0.05) is 43.9 Å². The zero-order valence-electron chi connectivity index (χ0n) is 17.3. The lowest BCUT2D eigenvalue weighted by Gasteiger charge is -2.39. The van der Waals surface area contributed by atoms with Crippen molar-refractivity contribution in [1.82, 2.24) is 4.90 Å². The van der Waals surface area contributed by atoms with Gasteiger partial charge in [-0.1, -0.05) is 23.2 Å². The summed E-state index contributed by atoms with van der Waals surface area (Å²) in [6.45, 7) is 4.00. The van der Waals surface area contributed by atoms with Crippen LogP contribution in [0.5, 0.6) is 11.5 Å². The molecule has 0 aromatic heterocycles. The molecule has 6 nitrogen and oxygen atoms in total. The number of hydrogen-bond donors (Lipinski definition) is 2. The molecule has 2 heterocycles. The van der Waals surface area contributed by atoms with Crippen LogP contribution >= 0.6 is 24.0 Å². The predicted molar refractivity (Wildman–Crippen MR) is 121 cm³/mol. The third-order valence-corrected chi connectivity index (χ3v) is 6.13. The Labute approximate surface area is 193 Å². The number of piperidine rings is 1. The lowest BCUT2D eigenvalue weighted by Crippen LogP contribution is -2.49. The minimum atomic E-state index is -1.04. The Hall–Kier alpha value is -1.99. The second-order valence-electron chi connectivity index (χ2n) is 8.28. The van der Waals surface area contributed by atoms with Gasteiger partial charge in [-0.2, -0.15) is 0 Å². The van der Waals surface area contributed by atoms with Crippen molar-refractivity contribution in [3.05, 3.63) is 58.1 Å². The average Bonchev–Trinajstić information content (AvgIpc) is 3.05. The van der Waals surface area contributed by atoms with Gasteiger partial charge in [-0.05, 0) is 42.8 Å². The van der Waals surface area contributed by atoms with E-state index in [4.69, 9.17) is 21.1 Å². The van der Waals surface area contributed by atoms with Gasteiger partial charge in [0.2, 0.25) is 0 Å². The Kier molecular flexibility index (Phi) is 7.37. The Morgan fingerprint density at radius 3 is 2.71 bits per heavy atom. The highest BCUT2D eigenvalue weighted by atomic mass is 35.5. The summed E-state index contributed by atoms with van der Waals surface area (Å²) in [5.41, 5.74) is 1.95. The number of hydrogen-bond acceptors (Lipinski definition) is 5. The molecular formula is C23H27Cl2NO5. The molecule has 1 atom stereocenters. The molecule has 0 aliphatic carbocycles. The number of carbonyl (C=O) groups is 1. The summed E-state index contributed by atoms with van der Waals surface area (Å²) >= 11 is 6.10. The van der Waals surface area contributed by atoms with Gasteiger partial charge in [-0.15, -0.1) is 12.4 Å². The lowest BCUT2D eigenvalue weighted by atomic mass is 9.87. The molecule has 0 radical (unpaired) electrons. The maximum absolute atomic E-state index is 11.4. The highest BCUT2D eigenvalue weighted by molar-refractivity contribution is 6.30. The smallest absolute Gasteiger partial charge is 0.339 e. The second kappa shape index (κ2) is 9.65. The number of ether oxygens (including phenoxy) is 2. The first-order chi connectivity index (χ1) is 14.3. The van der Waals surface area contributed by atoms with Crippen molar-refractivity contribution in [2.45, 2.75) is 37.9 Å². The van der Waals surface area contributed by atoms with Crippen molar-refractivity contribution in [2.75, 3.05) is 26.2 Å². The van der Waals surface area contributed by atoms with E-state index in [1.54, 1.807) is 18.2 Å². The highest BCUT2D eigenvalue weighted by Gasteiger charge is 2.42. The molecule has 2 aromatic rings. The van der Waals surface area contributed by atoms with E-state index in [1.165, 1.54) is 0 Å². The molecule has 168 valence electrons. The van der Waals surface area contributed by atoms with Crippen LogP contribution in [0.1, 0.15) is 34.3 Å². The van der Waals surface area contributed by atoms with Crippen molar-refractivity contribution in [3.63, 3.8) is 0 Å². The first kappa shape index (κ1) is 23.7. The van der Waals surface area contributed by atoms with E-state index in [-0.39, 0.29) is 35.9 Å². The Morgan fingerprint density at radius 2 is 2.00 bits per heavy atom. The number of aliphatic hydroxyl groups is 1. The highest BCUT2D eigenvalue weighted by Crippen LogP contribution is 2.41. The minimum absolute atomic E-state index is 0. The maximum Gasteiger partial charge on any atom is 0.339 e. The van der Waals surface area contributed by atoms with Gasteiger partial charge in [0.25, 0.3) is 0 Å². The fraction of sp³-hybridized carbons (Fsp3) is 0.435. The van der Waals surface area contributed by atoms with Crippen LogP contribution in [0.15, 0.2) is 36.4 Å². The number of aliphatic hydroxyl groups excluding tert-OH is 1. The van der Waals surface area contributed by atoms with Crippen molar-refractivity contribution in [1.29, 1.82) is 0 Å². The van der Waals surface area contributed by atoms with Crippen LogP contribution in [0.25, 0.3) is 0 Å². The quantitative estimate of drug-likeness (QED) is 0.668. The molecular weight excluding hydrogens is 441 g/mol. The summed E-state index contributed by atoms with van der Waals surface area (Å²) in [5.74, 6) is 0.164. The number of fused-ring (bicyclic) bond motifs is 1. The molecule has 1 spiro atoms. The number of rotatable bonds is 6. The van der Waals surface area contributed by atoms with Gasteiger partial charge in [-0.3, -0.25) is 0 Å². The van der Waals surface area contributed by atoms with Crippen LogP contribution in [0.3, 0.4) is 0 Å². The fourth-order valence-electron chi connectivity index (χ4n) is 4.30. The summed E-state index contributed by atoms with van der Waals surface area (Å²) in [6.07, 6.45) is 1.93. The van der Waals surface area contributed by atoms with Crippen LogP contribution in [0, 0.1) is 6.92 Å². The van der Waals surface area contributed by atoms with E-state index in [2.05, 4.69) is 4.90 Å². The van der Waals surface area contributed by atoms with E-state index in [0.717, 1.165) is 54.3 Å². The summed E-state index contributed by atoms with van der Waals surface area (Å²) in [7, 11) is 0. The molecule has 2 N–H and O–H groups in total. The van der Waals surface area contributed by atoms with Gasteiger partial charge in [0.05, 0.1) is 0 Å². The van der Waals surface area contributed by atoms with Crippen LogP contribution in [-0.2, 0) is 6.42 Å². The molecule has 1 fully saturated rings. The summed E-state index contributed by atoms with van der Waals surface area (Å²) in [6, 6.07) is 10.8. The Morgan fingerprint density at radius 1 is 1.26 bits per heavy atom. The van der Waals surface area contributed by atoms with Crippen LogP contribution in [-0.4, -0.2) is 59.0 Å². The van der Waals surface area contributed by atoms with Crippen molar-refractivity contribution >= 4 is 30.0 Å². The van der Waals surface area contributed by atoms with E-state index in [9.17, 15) is 15.0 Å². The van der Waals surface area contributed by atoms with Gasteiger partial charge in [0.15, 0.2) is 0 Å². The van der Waals surface area contributed by atoms with Gasteiger partial charge in [0.1, 0.15) is 35.4 Å². The maximum atomic E-state index is 11.4. The topological polar surface area (TPSA) is 79.2 Å². The number of aryl methyl sites for hydroxylation is 1. The van der Waals surface area contributed by atoms with E-state index in [0.29, 0.717) is 6.54 Å². The zero-order valence-corrected chi connectivity index (χ0v) is 18.9. The molecule has 1 saturated heterocycles. The third kappa shape index (κ3) is 5.44. The summed E-state index contributed by atoms with van der Waals surface area (Å²) in [4.78, 5) is 13.6. The average molecular weight is 468 g/mol. The first-order valence-electron chi connectivity index (χ1n) is 10.2. The van der Waals surface area contributed by atoms with E-state index < -0.39 is 12.1 Å². The van der Waals surface area contributed by atoms with Crippen LogP contribution in [0.2, 0.25) is 5.02 Å². The Balaban J connectivity index is 0.00000272. The number of β-amino-alcohol motifs (C(OH)–C–C–N with tert-alkyl or cyclic N) is 1. The number of benzene rings is 2. The molecule has 0 amide bonds. The van der Waals surface area contributed by atoms with Crippen LogP contribution in [0.4, 0.5) is 0 Å². The fourth-order valence-corrected chi connectivity index (χ4v) is 4.49. The minimum Gasteiger partial charge on any atom is -0.490 e. The van der Waals surface area contributed by atoms with E-state index >= 15 is 0 Å². The predicted octanol–water partition coefficient (Wildman–Crippen LogP) is 3.98. The SMILES string of the molecule is Cc1ccc(OC[C@@H](O)CN2CCC3(CC2)Cc2cc(Cl)ccc2O3)c(C(=O)O)c1.Cl. The first-order valence-corrected chi connectivity index (χ1v) is 10.6. The van der Waals surface area contributed by atoms with Crippen molar-refractivity contribution < 1.29 is 24.5 Å².